The van der Waals surface area contributed by atoms with Gasteiger partial charge in [0.1, 0.15) is 11.5 Å². The van der Waals surface area contributed by atoms with Crippen molar-refractivity contribution >= 4 is 23.4 Å². The van der Waals surface area contributed by atoms with E-state index in [1.54, 1.807) is 18.2 Å². The van der Waals surface area contributed by atoms with E-state index < -0.39 is 5.76 Å². The number of hydrogen-bond donors (Lipinski definition) is 1. The molecule has 0 atom stereocenters. The smallest absolute Gasteiger partial charge is 0.288 e. The highest BCUT2D eigenvalue weighted by Crippen LogP contribution is 2.30. The molecule has 0 fully saturated rings. The number of rotatable bonds is 8. The van der Waals surface area contributed by atoms with Gasteiger partial charge in [0.2, 0.25) is 0 Å². The fourth-order valence-electron chi connectivity index (χ4n) is 2.13. The molecular weight excluding hydrogens is 348 g/mol. The topological polar surface area (TPSA) is 47.6 Å². The number of hydrogen-bond acceptors (Lipinski definition) is 4. The van der Waals surface area contributed by atoms with Crippen LogP contribution in [0.1, 0.15) is 24.2 Å². The van der Waals surface area contributed by atoms with Crippen molar-refractivity contribution in [2.45, 2.75) is 24.5 Å². The Morgan fingerprint density at radius 3 is 2.36 bits per heavy atom. The first kappa shape index (κ1) is 19.1. The average molecular weight is 367 g/mol. The summed E-state index contributed by atoms with van der Waals surface area (Å²) < 4.78 is 35.6. The van der Waals surface area contributed by atoms with Crippen LogP contribution in [0.15, 0.2) is 47.4 Å². The number of carbonyl (C=O) groups is 1. The zero-order valence-corrected chi connectivity index (χ0v) is 14.7. The Hall–Kier alpha value is -2.28. The first-order chi connectivity index (χ1) is 12.0. The Balaban J connectivity index is 2.16. The fraction of sp³-hybridized carbons (Fsp3) is 0.278. The van der Waals surface area contributed by atoms with Crippen molar-refractivity contribution in [3.63, 3.8) is 0 Å². The lowest BCUT2D eigenvalue weighted by Crippen LogP contribution is -2.13. The summed E-state index contributed by atoms with van der Waals surface area (Å²) in [4.78, 5) is 12.8. The number of nitrogens with one attached hydrogen (secondary N) is 1. The van der Waals surface area contributed by atoms with Crippen LogP contribution in [0.4, 0.5) is 14.5 Å². The lowest BCUT2D eigenvalue weighted by atomic mass is 10.2. The van der Waals surface area contributed by atoms with Gasteiger partial charge in [0.05, 0.1) is 18.9 Å². The molecule has 7 heteroatoms. The molecule has 2 aromatic rings. The molecule has 0 aliphatic carbocycles. The molecule has 25 heavy (non-hydrogen) atoms. The highest BCUT2D eigenvalue weighted by molar-refractivity contribution is 7.99. The molecule has 1 N–H and O–H groups in total. The van der Waals surface area contributed by atoms with Gasteiger partial charge in [-0.15, -0.1) is 0 Å². The molecular formula is C18H19F2NO3S. The molecule has 0 aromatic heterocycles. The van der Waals surface area contributed by atoms with Crippen LogP contribution in [0.3, 0.4) is 0 Å². The zero-order chi connectivity index (χ0) is 18.2. The van der Waals surface area contributed by atoms with Crippen LogP contribution in [0, 0.1) is 0 Å². The minimum Gasteiger partial charge on any atom is -0.494 e. The maximum atomic E-state index is 12.4. The van der Waals surface area contributed by atoms with E-state index in [1.165, 1.54) is 24.3 Å². The third-order valence-corrected chi connectivity index (χ3v) is 3.87. The quantitative estimate of drug-likeness (QED) is 0.663. The number of halogens is 2. The van der Waals surface area contributed by atoms with Crippen molar-refractivity contribution in [1.82, 2.24) is 0 Å². The summed E-state index contributed by atoms with van der Waals surface area (Å²) in [6.45, 7) is 4.68. The first-order valence-corrected chi connectivity index (χ1v) is 8.67. The lowest BCUT2D eigenvalue weighted by Gasteiger charge is -2.13. The zero-order valence-electron chi connectivity index (χ0n) is 13.9. The normalized spacial score (nSPS) is 10.6. The summed E-state index contributed by atoms with van der Waals surface area (Å²) in [6.07, 6.45) is 0. The van der Waals surface area contributed by atoms with Gasteiger partial charge in [-0.25, -0.2) is 0 Å². The second-order valence-electron chi connectivity index (χ2n) is 4.88. The molecule has 4 nitrogen and oxygen atoms in total. The van der Waals surface area contributed by atoms with Crippen molar-refractivity contribution in [2.24, 2.45) is 0 Å². The van der Waals surface area contributed by atoms with E-state index in [4.69, 9.17) is 9.47 Å². The van der Waals surface area contributed by atoms with E-state index in [-0.39, 0.29) is 5.91 Å². The van der Waals surface area contributed by atoms with Gasteiger partial charge < -0.3 is 14.8 Å². The summed E-state index contributed by atoms with van der Waals surface area (Å²) in [6, 6.07) is 11.2. The van der Waals surface area contributed by atoms with E-state index in [2.05, 4.69) is 5.32 Å². The van der Waals surface area contributed by atoms with E-state index in [9.17, 15) is 13.6 Å². The number of amides is 1. The number of thioether (sulfide) groups is 1. The van der Waals surface area contributed by atoms with Crippen molar-refractivity contribution < 1.29 is 23.0 Å². The number of benzene rings is 2. The Kier molecular flexibility index (Phi) is 7.06. The second kappa shape index (κ2) is 9.27. The Bertz CT molecular complexity index is 708. The maximum absolute atomic E-state index is 12.4. The van der Waals surface area contributed by atoms with E-state index in [1.807, 2.05) is 13.8 Å². The monoisotopic (exact) mass is 367 g/mol. The van der Waals surface area contributed by atoms with Crippen LogP contribution >= 0.6 is 11.8 Å². The van der Waals surface area contributed by atoms with Crippen LogP contribution in [0.2, 0.25) is 0 Å². The van der Waals surface area contributed by atoms with Crippen LogP contribution in [0.5, 0.6) is 11.5 Å². The number of ether oxygens (including phenoxy) is 2. The van der Waals surface area contributed by atoms with Gasteiger partial charge >= 0.3 is 0 Å². The van der Waals surface area contributed by atoms with Crippen LogP contribution < -0.4 is 14.8 Å². The Labute approximate surface area is 149 Å². The minimum absolute atomic E-state index is 0.358. The van der Waals surface area contributed by atoms with Crippen LogP contribution in [-0.2, 0) is 0 Å². The lowest BCUT2D eigenvalue weighted by molar-refractivity contribution is 0.102. The molecule has 1 amide bonds. The average Bonchev–Trinajstić information content (AvgIpc) is 2.57. The Morgan fingerprint density at radius 1 is 1.08 bits per heavy atom. The summed E-state index contributed by atoms with van der Waals surface area (Å²) in [7, 11) is 0. The molecule has 2 aromatic carbocycles. The fourth-order valence-corrected chi connectivity index (χ4v) is 2.63. The Morgan fingerprint density at radius 2 is 1.76 bits per heavy atom. The minimum atomic E-state index is -2.49. The molecule has 0 saturated heterocycles. The predicted octanol–water partition coefficient (Wildman–Crippen LogP) is 5.05. The van der Waals surface area contributed by atoms with E-state index in [0.717, 1.165) is 0 Å². The number of anilines is 1. The van der Waals surface area contributed by atoms with Crippen LogP contribution in [-0.4, -0.2) is 24.9 Å². The molecule has 0 heterocycles. The van der Waals surface area contributed by atoms with Crippen molar-refractivity contribution in [3.8, 4) is 11.5 Å². The van der Waals surface area contributed by atoms with Crippen molar-refractivity contribution in [1.29, 1.82) is 0 Å². The summed E-state index contributed by atoms with van der Waals surface area (Å²) in [5.41, 5.74) is 0.853. The summed E-state index contributed by atoms with van der Waals surface area (Å²) in [5, 5.41) is 2.77. The molecule has 0 saturated carbocycles. The molecule has 0 aliphatic rings. The van der Waals surface area contributed by atoms with E-state index >= 15 is 0 Å². The van der Waals surface area contributed by atoms with Gasteiger partial charge in [0, 0.05) is 16.5 Å². The first-order valence-electron chi connectivity index (χ1n) is 7.79. The van der Waals surface area contributed by atoms with Gasteiger partial charge in [-0.1, -0.05) is 11.8 Å². The number of alkyl halides is 2. The maximum Gasteiger partial charge on any atom is 0.288 e. The van der Waals surface area contributed by atoms with Gasteiger partial charge in [-0.05, 0) is 50.2 Å². The van der Waals surface area contributed by atoms with Gasteiger partial charge in [-0.2, -0.15) is 8.78 Å². The third kappa shape index (κ3) is 5.63. The molecule has 0 bridgehead atoms. The standard InChI is InChI=1S/C18H19F2NO3S/c1-3-23-13-7-10-16(24-4-2)15(11-13)21-17(22)12-5-8-14(9-6-12)25-18(19)20/h5-11,18H,3-4H2,1-2H3,(H,21,22). The van der Waals surface area contributed by atoms with Crippen molar-refractivity contribution in [2.75, 3.05) is 18.5 Å². The van der Waals surface area contributed by atoms with Gasteiger partial charge in [0.15, 0.2) is 0 Å². The highest BCUT2D eigenvalue weighted by Gasteiger charge is 2.12. The van der Waals surface area contributed by atoms with Gasteiger partial charge in [0.25, 0.3) is 11.7 Å². The van der Waals surface area contributed by atoms with Gasteiger partial charge in [-0.3, -0.25) is 4.79 Å². The molecule has 0 spiro atoms. The second-order valence-corrected chi connectivity index (χ2v) is 5.94. The highest BCUT2D eigenvalue weighted by atomic mass is 32.2. The third-order valence-electron chi connectivity index (χ3n) is 3.15. The molecule has 0 unspecified atom stereocenters. The van der Waals surface area contributed by atoms with Crippen molar-refractivity contribution in [3.05, 3.63) is 48.0 Å². The largest absolute Gasteiger partial charge is 0.494 e. The number of carbonyl (C=O) groups excluding carboxylic acids is 1. The summed E-state index contributed by atoms with van der Waals surface area (Å²) in [5.74, 6) is -1.70. The van der Waals surface area contributed by atoms with E-state index in [0.29, 0.717) is 52.6 Å². The molecule has 0 aliphatic heterocycles. The predicted molar refractivity (Wildman–Crippen MR) is 95.0 cm³/mol. The SMILES string of the molecule is CCOc1ccc(OCC)c(NC(=O)c2ccc(SC(F)F)cc2)c1. The molecule has 2 rings (SSSR count). The van der Waals surface area contributed by atoms with Crippen LogP contribution in [0.25, 0.3) is 0 Å². The molecule has 0 radical (unpaired) electrons. The summed E-state index contributed by atoms with van der Waals surface area (Å²) >= 11 is 0.438. The molecule has 134 valence electrons.